The molecule has 182 valence electrons. The summed E-state index contributed by atoms with van der Waals surface area (Å²) >= 11 is 1.27. The first-order valence-corrected chi connectivity index (χ1v) is 11.8. The summed E-state index contributed by atoms with van der Waals surface area (Å²) < 4.78 is 32.3. The molecule has 0 fully saturated rings. The van der Waals surface area contributed by atoms with Crippen molar-refractivity contribution < 1.29 is 23.4 Å². The smallest absolute Gasteiger partial charge is 0.234 e. The number of carbonyl (C=O) groups excluding carboxylic acids is 1. The van der Waals surface area contributed by atoms with E-state index < -0.39 is 11.9 Å². The van der Waals surface area contributed by atoms with Gasteiger partial charge in [-0.1, -0.05) is 37.7 Å². The number of hydrogen-bond acceptors (Lipinski definition) is 7. The number of aromatic nitrogens is 3. The largest absolute Gasteiger partial charge is 0.497 e. The minimum Gasteiger partial charge on any atom is -0.497 e. The number of amides is 1. The van der Waals surface area contributed by atoms with Gasteiger partial charge in [0.05, 0.1) is 25.7 Å². The first-order chi connectivity index (χ1) is 16.3. The zero-order valence-corrected chi connectivity index (χ0v) is 20.7. The summed E-state index contributed by atoms with van der Waals surface area (Å²) in [7, 11) is 3.09. The lowest BCUT2D eigenvalue weighted by atomic mass is 10.2. The Bertz CT molecular complexity index is 1120. The van der Waals surface area contributed by atoms with Crippen LogP contribution < -0.4 is 19.5 Å². The second-order valence-corrected chi connectivity index (χ2v) is 8.88. The summed E-state index contributed by atoms with van der Waals surface area (Å²) in [6.45, 7) is 6.57. The number of para-hydroxylation sites is 1. The molecular formula is C24H29FN4O4S. The number of methoxy groups -OCH3 is 2. The van der Waals surface area contributed by atoms with E-state index in [1.54, 1.807) is 50.4 Å². The number of anilines is 1. The lowest BCUT2D eigenvalue weighted by Gasteiger charge is -2.18. The third kappa shape index (κ3) is 6.40. The summed E-state index contributed by atoms with van der Waals surface area (Å²) in [5.41, 5.74) is 0.546. The monoisotopic (exact) mass is 488 g/mol. The van der Waals surface area contributed by atoms with Gasteiger partial charge in [0.1, 0.15) is 11.5 Å². The van der Waals surface area contributed by atoms with Crippen molar-refractivity contribution in [2.75, 3.05) is 25.3 Å². The number of halogens is 1. The summed E-state index contributed by atoms with van der Waals surface area (Å²) in [4.78, 5) is 12.6. The van der Waals surface area contributed by atoms with Crippen LogP contribution >= 0.6 is 11.8 Å². The minimum absolute atomic E-state index is 0.119. The highest BCUT2D eigenvalue weighted by atomic mass is 32.2. The first kappa shape index (κ1) is 25.4. The molecule has 34 heavy (non-hydrogen) atoms. The van der Waals surface area contributed by atoms with E-state index in [1.165, 1.54) is 24.9 Å². The third-order valence-electron chi connectivity index (χ3n) is 4.81. The fraction of sp³-hybridized carbons (Fsp3) is 0.375. The van der Waals surface area contributed by atoms with E-state index in [1.807, 2.05) is 4.57 Å². The normalized spacial score (nSPS) is 11.9. The summed E-state index contributed by atoms with van der Waals surface area (Å²) in [6.07, 6.45) is -0.533. The maximum Gasteiger partial charge on any atom is 0.234 e. The van der Waals surface area contributed by atoms with Crippen LogP contribution in [0.3, 0.4) is 0 Å². The zero-order chi connectivity index (χ0) is 24.7. The van der Waals surface area contributed by atoms with Gasteiger partial charge in [0.25, 0.3) is 0 Å². The van der Waals surface area contributed by atoms with Crippen molar-refractivity contribution in [1.82, 2.24) is 14.8 Å². The molecule has 0 aliphatic carbocycles. The van der Waals surface area contributed by atoms with Gasteiger partial charge >= 0.3 is 0 Å². The molecule has 0 spiro atoms. The summed E-state index contributed by atoms with van der Waals surface area (Å²) in [6, 6.07) is 11.4. The molecule has 0 radical (unpaired) electrons. The SMILES string of the molecule is COc1ccc(NC(=O)CSc2nnc(C(C)Oc3ccccc3F)n2CC(C)C)c(OC)c1. The molecule has 1 N–H and O–H groups in total. The molecule has 1 amide bonds. The van der Waals surface area contributed by atoms with Gasteiger partial charge in [-0.15, -0.1) is 10.2 Å². The number of carbonyl (C=O) groups is 1. The van der Waals surface area contributed by atoms with E-state index in [0.29, 0.717) is 40.6 Å². The molecule has 1 heterocycles. The Morgan fingerprint density at radius 1 is 1.09 bits per heavy atom. The number of benzene rings is 2. The summed E-state index contributed by atoms with van der Waals surface area (Å²) in [5.74, 6) is 1.61. The Balaban J connectivity index is 1.71. The summed E-state index contributed by atoms with van der Waals surface area (Å²) in [5, 5.41) is 12.0. The van der Waals surface area contributed by atoms with Crippen molar-refractivity contribution in [2.45, 2.75) is 38.6 Å². The maximum atomic E-state index is 14.0. The van der Waals surface area contributed by atoms with Gasteiger partial charge in [-0.05, 0) is 37.1 Å². The fourth-order valence-corrected chi connectivity index (χ4v) is 4.00. The van der Waals surface area contributed by atoms with Gasteiger partial charge in [-0.25, -0.2) is 4.39 Å². The zero-order valence-electron chi connectivity index (χ0n) is 19.9. The van der Waals surface area contributed by atoms with E-state index in [9.17, 15) is 9.18 Å². The van der Waals surface area contributed by atoms with Crippen LogP contribution in [0.25, 0.3) is 0 Å². The molecule has 2 aromatic carbocycles. The molecule has 3 aromatic rings. The highest BCUT2D eigenvalue weighted by molar-refractivity contribution is 7.99. The van der Waals surface area contributed by atoms with Gasteiger partial charge < -0.3 is 24.1 Å². The fourth-order valence-electron chi connectivity index (χ4n) is 3.25. The highest BCUT2D eigenvalue weighted by Crippen LogP contribution is 2.30. The van der Waals surface area contributed by atoms with Crippen molar-refractivity contribution in [3.8, 4) is 17.2 Å². The molecule has 1 aromatic heterocycles. The number of nitrogens with zero attached hydrogens (tertiary/aromatic N) is 3. The second-order valence-electron chi connectivity index (χ2n) is 7.94. The molecule has 0 aliphatic heterocycles. The van der Waals surface area contributed by atoms with Gasteiger partial charge in [0.2, 0.25) is 5.91 Å². The van der Waals surface area contributed by atoms with Crippen LogP contribution in [0, 0.1) is 11.7 Å². The van der Waals surface area contributed by atoms with E-state index in [0.717, 1.165) is 0 Å². The van der Waals surface area contributed by atoms with Crippen molar-refractivity contribution in [3.63, 3.8) is 0 Å². The molecule has 0 saturated heterocycles. The number of nitrogens with one attached hydrogen (secondary N) is 1. The highest BCUT2D eigenvalue weighted by Gasteiger charge is 2.22. The Kier molecular flexibility index (Phi) is 8.75. The van der Waals surface area contributed by atoms with Gasteiger partial charge in [-0.2, -0.15) is 0 Å². The van der Waals surface area contributed by atoms with E-state index in [4.69, 9.17) is 14.2 Å². The lowest BCUT2D eigenvalue weighted by molar-refractivity contribution is -0.113. The minimum atomic E-state index is -0.533. The van der Waals surface area contributed by atoms with Gasteiger partial charge in [-0.3, -0.25) is 4.79 Å². The van der Waals surface area contributed by atoms with Gasteiger partial charge in [0, 0.05) is 12.6 Å². The molecule has 0 aliphatic rings. The van der Waals surface area contributed by atoms with Crippen molar-refractivity contribution in [2.24, 2.45) is 5.92 Å². The van der Waals surface area contributed by atoms with Crippen LogP contribution in [0.1, 0.15) is 32.7 Å². The van der Waals surface area contributed by atoms with Gasteiger partial charge in [0.15, 0.2) is 28.7 Å². The quantitative estimate of drug-likeness (QED) is 0.382. The third-order valence-corrected chi connectivity index (χ3v) is 5.78. The average molecular weight is 489 g/mol. The molecule has 10 heteroatoms. The number of rotatable bonds is 11. The van der Waals surface area contributed by atoms with Crippen LogP contribution in [0.5, 0.6) is 17.2 Å². The number of thioether (sulfide) groups is 1. The maximum absolute atomic E-state index is 14.0. The van der Waals surface area contributed by atoms with Crippen LogP contribution in [-0.2, 0) is 11.3 Å². The predicted molar refractivity (Wildman–Crippen MR) is 129 cm³/mol. The Morgan fingerprint density at radius 3 is 2.53 bits per heavy atom. The molecule has 8 nitrogen and oxygen atoms in total. The first-order valence-electron chi connectivity index (χ1n) is 10.8. The van der Waals surface area contributed by atoms with Crippen molar-refractivity contribution >= 4 is 23.4 Å². The molecule has 1 atom stereocenters. The topological polar surface area (TPSA) is 87.5 Å². The van der Waals surface area contributed by atoms with E-state index in [-0.39, 0.29) is 17.4 Å². The second kappa shape index (κ2) is 11.7. The molecule has 3 rings (SSSR count). The number of ether oxygens (including phenoxy) is 3. The van der Waals surface area contributed by atoms with Crippen LogP contribution in [-0.4, -0.2) is 40.6 Å². The lowest BCUT2D eigenvalue weighted by Crippen LogP contribution is -2.17. The number of hydrogen-bond donors (Lipinski definition) is 1. The van der Waals surface area contributed by atoms with Crippen molar-refractivity contribution in [1.29, 1.82) is 0 Å². The molecule has 1 unspecified atom stereocenters. The predicted octanol–water partition coefficient (Wildman–Crippen LogP) is 4.96. The average Bonchev–Trinajstić information content (AvgIpc) is 3.21. The Morgan fingerprint density at radius 2 is 1.85 bits per heavy atom. The Labute approximate surface area is 202 Å². The van der Waals surface area contributed by atoms with Crippen LogP contribution in [0.15, 0.2) is 47.6 Å². The van der Waals surface area contributed by atoms with E-state index >= 15 is 0 Å². The molecule has 0 saturated carbocycles. The standard InChI is InChI=1S/C24H29FN4O4S/c1-15(2)13-29-23(16(3)33-20-9-7-6-8-18(20)25)27-28-24(29)34-14-22(30)26-19-11-10-17(31-4)12-21(19)32-5/h6-12,15-16H,13-14H2,1-5H3,(H,26,30). The van der Waals surface area contributed by atoms with Crippen molar-refractivity contribution in [3.05, 3.63) is 54.1 Å². The molecular weight excluding hydrogens is 459 g/mol. The Hall–Kier alpha value is -3.27. The van der Waals surface area contributed by atoms with Crippen LogP contribution in [0.2, 0.25) is 0 Å². The van der Waals surface area contributed by atoms with Crippen LogP contribution in [0.4, 0.5) is 10.1 Å². The molecule has 0 bridgehead atoms. The van der Waals surface area contributed by atoms with E-state index in [2.05, 4.69) is 29.4 Å².